The van der Waals surface area contributed by atoms with Gasteiger partial charge in [0.2, 0.25) is 0 Å². The van der Waals surface area contributed by atoms with Crippen molar-refractivity contribution in [1.82, 2.24) is 14.8 Å². The van der Waals surface area contributed by atoms with E-state index in [-0.39, 0.29) is 17.7 Å². The zero-order valence-electron chi connectivity index (χ0n) is 14.2. The minimum atomic E-state index is -4.43. The van der Waals surface area contributed by atoms with Gasteiger partial charge in [0.1, 0.15) is 5.78 Å². The molecule has 0 amide bonds. The average molecular weight is 351 g/mol. The van der Waals surface area contributed by atoms with E-state index in [4.69, 9.17) is 0 Å². The number of nitrogens with zero attached hydrogens (tertiary/aromatic N) is 3. The van der Waals surface area contributed by atoms with Crippen molar-refractivity contribution in [2.45, 2.75) is 57.7 Å². The Morgan fingerprint density at radius 3 is 2.44 bits per heavy atom. The fourth-order valence-electron chi connectivity index (χ4n) is 3.24. The molecule has 1 aliphatic carbocycles. The summed E-state index contributed by atoms with van der Waals surface area (Å²) in [5, 5.41) is 4.52. The summed E-state index contributed by atoms with van der Waals surface area (Å²) >= 11 is 0. The van der Waals surface area contributed by atoms with Crippen molar-refractivity contribution in [3.05, 3.63) is 35.8 Å². The van der Waals surface area contributed by atoms with E-state index >= 15 is 0 Å². The van der Waals surface area contributed by atoms with Crippen molar-refractivity contribution in [3.8, 4) is 11.3 Å². The number of hydrogen-bond acceptors (Lipinski definition) is 3. The molecule has 0 radical (unpaired) electrons. The summed E-state index contributed by atoms with van der Waals surface area (Å²) in [7, 11) is 0. The maximum absolute atomic E-state index is 12.9. The van der Waals surface area contributed by atoms with Crippen LogP contribution in [0.15, 0.2) is 24.5 Å². The van der Waals surface area contributed by atoms with Crippen molar-refractivity contribution in [2.24, 2.45) is 0 Å². The highest BCUT2D eigenvalue weighted by atomic mass is 19.4. The number of carbonyl (C=O) groups is 1. The average Bonchev–Trinajstić information content (AvgIpc) is 3.00. The van der Waals surface area contributed by atoms with Gasteiger partial charge in [-0.3, -0.25) is 14.5 Å². The lowest BCUT2D eigenvalue weighted by Crippen LogP contribution is -2.17. The van der Waals surface area contributed by atoms with Gasteiger partial charge in [0.05, 0.1) is 11.3 Å². The Bertz CT molecular complexity index is 770. The molecule has 0 aromatic carbocycles. The molecule has 0 atom stereocenters. The lowest BCUT2D eigenvalue weighted by Gasteiger charge is -2.23. The third kappa shape index (κ3) is 3.75. The third-order valence-electron chi connectivity index (χ3n) is 4.58. The van der Waals surface area contributed by atoms with Gasteiger partial charge in [-0.25, -0.2) is 0 Å². The minimum absolute atomic E-state index is 0.0835. The molecule has 3 rings (SSSR count). The topological polar surface area (TPSA) is 47.8 Å². The van der Waals surface area contributed by atoms with Crippen LogP contribution in [0, 0.1) is 0 Å². The van der Waals surface area contributed by atoms with Gasteiger partial charge in [0.15, 0.2) is 0 Å². The molecular formula is C18H20F3N3O. The quantitative estimate of drug-likeness (QED) is 0.800. The first kappa shape index (κ1) is 17.6. The van der Waals surface area contributed by atoms with Gasteiger partial charge < -0.3 is 0 Å². The molecule has 0 saturated heterocycles. The van der Waals surface area contributed by atoms with Gasteiger partial charge in [-0.1, -0.05) is 0 Å². The number of pyridine rings is 1. The molecular weight excluding hydrogens is 331 g/mol. The Labute approximate surface area is 144 Å². The van der Waals surface area contributed by atoms with Crippen molar-refractivity contribution in [2.75, 3.05) is 0 Å². The summed E-state index contributed by atoms with van der Waals surface area (Å²) in [5.74, 6) is 0.481. The van der Waals surface area contributed by atoms with E-state index < -0.39 is 11.7 Å². The molecule has 134 valence electrons. The lowest BCUT2D eigenvalue weighted by atomic mass is 9.86. The Morgan fingerprint density at radius 1 is 1.16 bits per heavy atom. The second-order valence-corrected chi connectivity index (χ2v) is 6.77. The number of carbonyl (C=O) groups excluding carboxylic acids is 1. The predicted octanol–water partition coefficient (Wildman–Crippen LogP) is 4.77. The molecule has 0 spiro atoms. The summed E-state index contributed by atoms with van der Waals surface area (Å²) in [5.41, 5.74) is 1.03. The number of Topliss-reactive ketones (excluding diaryl/α,β-unsaturated/α-hetero) is 1. The number of alkyl halides is 3. The van der Waals surface area contributed by atoms with E-state index in [1.165, 1.54) is 6.20 Å². The number of halogens is 3. The molecule has 4 nitrogen and oxygen atoms in total. The third-order valence-corrected chi connectivity index (χ3v) is 4.58. The first-order valence-electron chi connectivity index (χ1n) is 8.39. The second kappa shape index (κ2) is 6.61. The normalized spacial score (nSPS) is 16.6. The molecule has 2 aromatic rings. The Kier molecular flexibility index (Phi) is 4.67. The summed E-state index contributed by atoms with van der Waals surface area (Å²) in [6, 6.07) is 3.01. The zero-order valence-corrected chi connectivity index (χ0v) is 14.2. The minimum Gasteiger partial charge on any atom is -0.300 e. The van der Waals surface area contributed by atoms with Gasteiger partial charge in [-0.05, 0) is 38.8 Å². The maximum Gasteiger partial charge on any atom is 0.417 e. The van der Waals surface area contributed by atoms with Crippen molar-refractivity contribution in [1.29, 1.82) is 0 Å². The van der Waals surface area contributed by atoms with Crippen molar-refractivity contribution in [3.63, 3.8) is 0 Å². The van der Waals surface area contributed by atoms with Gasteiger partial charge in [0.25, 0.3) is 0 Å². The van der Waals surface area contributed by atoms with Crippen LogP contribution in [0.3, 0.4) is 0 Å². The SMILES string of the molecule is CC(C)n1nc(-c2cncc(C(F)(F)F)c2)cc1C1CCC(=O)CC1. The molecule has 2 heterocycles. The Morgan fingerprint density at radius 2 is 1.84 bits per heavy atom. The van der Waals surface area contributed by atoms with Crippen LogP contribution in [0.5, 0.6) is 0 Å². The highest BCUT2D eigenvalue weighted by molar-refractivity contribution is 5.79. The fraction of sp³-hybridized carbons (Fsp3) is 0.500. The number of rotatable bonds is 3. The zero-order chi connectivity index (χ0) is 18.2. The Hall–Kier alpha value is -2.18. The van der Waals surface area contributed by atoms with E-state index in [1.807, 2.05) is 24.6 Å². The van der Waals surface area contributed by atoms with Crippen molar-refractivity contribution >= 4 is 5.78 Å². The van der Waals surface area contributed by atoms with Gasteiger partial charge in [-0.2, -0.15) is 18.3 Å². The van der Waals surface area contributed by atoms with Crippen LogP contribution in [-0.2, 0) is 11.0 Å². The lowest BCUT2D eigenvalue weighted by molar-refractivity contribution is -0.137. The Balaban J connectivity index is 1.98. The molecule has 1 saturated carbocycles. The van der Waals surface area contributed by atoms with Crippen LogP contribution in [0.1, 0.15) is 62.7 Å². The van der Waals surface area contributed by atoms with Crippen LogP contribution in [0.2, 0.25) is 0 Å². The molecule has 1 fully saturated rings. The number of aromatic nitrogens is 3. The summed E-state index contributed by atoms with van der Waals surface area (Å²) in [6.07, 6.45) is 0.404. The van der Waals surface area contributed by atoms with Crippen LogP contribution < -0.4 is 0 Å². The largest absolute Gasteiger partial charge is 0.417 e. The van der Waals surface area contributed by atoms with E-state index in [0.29, 0.717) is 24.1 Å². The van der Waals surface area contributed by atoms with Gasteiger partial charge in [0, 0.05) is 48.5 Å². The molecule has 0 unspecified atom stereocenters. The summed E-state index contributed by atoms with van der Waals surface area (Å²) < 4.78 is 40.6. The van der Waals surface area contributed by atoms with Crippen LogP contribution >= 0.6 is 0 Å². The summed E-state index contributed by atoms with van der Waals surface area (Å²) in [4.78, 5) is 15.2. The highest BCUT2D eigenvalue weighted by Gasteiger charge is 2.31. The van der Waals surface area contributed by atoms with E-state index in [1.54, 1.807) is 0 Å². The smallest absolute Gasteiger partial charge is 0.300 e. The van der Waals surface area contributed by atoms with Crippen LogP contribution in [0.25, 0.3) is 11.3 Å². The van der Waals surface area contributed by atoms with E-state index in [9.17, 15) is 18.0 Å². The summed E-state index contributed by atoms with van der Waals surface area (Å²) in [6.45, 7) is 3.97. The standard InChI is InChI=1S/C18H20F3N3O/c1-11(2)24-17(12-3-5-15(25)6-4-12)8-16(23-24)13-7-14(10-22-9-13)18(19,20)21/h7-12H,3-6H2,1-2H3. The van der Waals surface area contributed by atoms with Gasteiger partial charge >= 0.3 is 6.18 Å². The molecule has 2 aromatic heterocycles. The molecule has 0 N–H and O–H groups in total. The highest BCUT2D eigenvalue weighted by Crippen LogP contribution is 2.36. The first-order chi connectivity index (χ1) is 11.8. The maximum atomic E-state index is 12.9. The number of ketones is 1. The number of hydrogen-bond donors (Lipinski definition) is 0. The van der Waals surface area contributed by atoms with E-state index in [2.05, 4.69) is 10.1 Å². The molecule has 7 heteroatoms. The fourth-order valence-corrected chi connectivity index (χ4v) is 3.24. The molecule has 25 heavy (non-hydrogen) atoms. The van der Waals surface area contributed by atoms with E-state index in [0.717, 1.165) is 30.8 Å². The van der Waals surface area contributed by atoms with Crippen molar-refractivity contribution < 1.29 is 18.0 Å². The molecule has 0 aliphatic heterocycles. The predicted molar refractivity (Wildman–Crippen MR) is 87.1 cm³/mol. The van der Waals surface area contributed by atoms with Crippen LogP contribution in [-0.4, -0.2) is 20.5 Å². The molecule has 0 bridgehead atoms. The molecule has 1 aliphatic rings. The van der Waals surface area contributed by atoms with Crippen LogP contribution in [0.4, 0.5) is 13.2 Å². The monoisotopic (exact) mass is 351 g/mol. The van der Waals surface area contributed by atoms with Gasteiger partial charge in [-0.15, -0.1) is 0 Å². The second-order valence-electron chi connectivity index (χ2n) is 6.77. The first-order valence-corrected chi connectivity index (χ1v) is 8.39.